The number of phenolic OH excluding ortho intramolecular Hbond substituents is 1. The molecule has 0 bridgehead atoms. The molecule has 0 saturated carbocycles. The molecule has 1 heterocycles. The zero-order valence-electron chi connectivity index (χ0n) is 22.9. The lowest BCUT2D eigenvalue weighted by atomic mass is 9.82. The summed E-state index contributed by atoms with van der Waals surface area (Å²) in [5.41, 5.74) is 2.93. The van der Waals surface area contributed by atoms with E-state index in [1.807, 2.05) is 25.1 Å². The number of aromatic hydroxyl groups is 1. The Bertz CT molecular complexity index is 1530. The minimum absolute atomic E-state index is 0.0190. The molecule has 0 saturated heterocycles. The number of anilines is 2. The number of carbonyl (C=O) groups excluding carboxylic acids is 2. The molecule has 1 atom stereocenters. The van der Waals surface area contributed by atoms with Crippen LogP contribution in [0, 0.1) is 11.3 Å². The van der Waals surface area contributed by atoms with Gasteiger partial charge in [-0.1, -0.05) is 36.0 Å². The van der Waals surface area contributed by atoms with E-state index in [1.165, 1.54) is 13.2 Å². The van der Waals surface area contributed by atoms with E-state index in [0.717, 1.165) is 11.8 Å². The third-order valence-electron chi connectivity index (χ3n) is 6.26. The molecule has 3 aromatic rings. The number of thioether (sulfide) groups is 1. The summed E-state index contributed by atoms with van der Waals surface area (Å²) in [4.78, 5) is 26.4. The van der Waals surface area contributed by atoms with Crippen molar-refractivity contribution in [3.63, 3.8) is 0 Å². The molecule has 9 nitrogen and oxygen atoms in total. The lowest BCUT2D eigenvalue weighted by molar-refractivity contribution is -0.114. The molecule has 1 aliphatic rings. The zero-order chi connectivity index (χ0) is 29.4. The Balaban J connectivity index is 1.62. The van der Waals surface area contributed by atoms with Gasteiger partial charge in [-0.3, -0.25) is 9.59 Å². The molecular weight excluding hydrogens is 540 g/mol. The van der Waals surface area contributed by atoms with Gasteiger partial charge >= 0.3 is 0 Å². The lowest BCUT2D eigenvalue weighted by Crippen LogP contribution is -2.31. The van der Waals surface area contributed by atoms with Crippen molar-refractivity contribution in [2.75, 3.05) is 30.1 Å². The number of nitrogens with zero attached hydrogens (tertiary/aromatic N) is 1. The topological polar surface area (TPSA) is 133 Å². The number of benzene rings is 3. The third kappa shape index (κ3) is 7.01. The Labute approximate surface area is 242 Å². The van der Waals surface area contributed by atoms with E-state index in [9.17, 15) is 20.0 Å². The number of rotatable bonds is 10. The Morgan fingerprint density at radius 1 is 1.05 bits per heavy atom. The minimum atomic E-state index is -0.781. The molecule has 0 radical (unpaired) electrons. The van der Waals surface area contributed by atoms with Gasteiger partial charge in [0.05, 0.1) is 42.1 Å². The van der Waals surface area contributed by atoms with Crippen LogP contribution >= 0.6 is 11.8 Å². The second kappa shape index (κ2) is 13.5. The van der Waals surface area contributed by atoms with Crippen LogP contribution in [0.5, 0.6) is 17.2 Å². The summed E-state index contributed by atoms with van der Waals surface area (Å²) >= 11 is 1.16. The van der Waals surface area contributed by atoms with Gasteiger partial charge in [-0.15, -0.1) is 0 Å². The fourth-order valence-electron chi connectivity index (χ4n) is 4.39. The number of allylic oxidation sites excluding steroid dienone is 2. The highest BCUT2D eigenvalue weighted by atomic mass is 32.2. The van der Waals surface area contributed by atoms with Crippen LogP contribution in [0.1, 0.15) is 25.3 Å². The first-order valence-corrected chi connectivity index (χ1v) is 13.8. The second-order valence-corrected chi connectivity index (χ2v) is 9.98. The molecule has 0 spiro atoms. The molecule has 0 unspecified atom stereocenters. The molecule has 0 aromatic heterocycles. The van der Waals surface area contributed by atoms with Crippen molar-refractivity contribution in [3.05, 3.63) is 100 Å². The molecule has 2 amide bonds. The van der Waals surface area contributed by atoms with Crippen molar-refractivity contribution < 1.29 is 24.2 Å². The maximum atomic E-state index is 13.6. The van der Waals surface area contributed by atoms with Gasteiger partial charge in [0.25, 0.3) is 5.91 Å². The number of hydrogen-bond acceptors (Lipinski definition) is 8. The molecule has 1 aliphatic heterocycles. The number of dihydropyridines is 1. The van der Waals surface area contributed by atoms with E-state index in [-0.39, 0.29) is 34.6 Å². The van der Waals surface area contributed by atoms with E-state index in [0.29, 0.717) is 45.6 Å². The van der Waals surface area contributed by atoms with Gasteiger partial charge in [-0.25, -0.2) is 0 Å². The van der Waals surface area contributed by atoms with Gasteiger partial charge < -0.3 is 30.5 Å². The standard InChI is InChI=1S/C31H30N4O5S/c1-4-40-23-13-11-22(12-14-23)34-27(37)18-41-31-24(17-32)29(20-10-15-25(36)26(16-20)39-3)28(19(2)33-31)30(38)35-21-8-6-5-7-9-21/h5-16,29,33,36H,4,18H2,1-3H3,(H,34,37)(H,35,38)/t29-/m0/s1. The molecular formula is C31H30N4O5S. The predicted octanol–water partition coefficient (Wildman–Crippen LogP) is 5.51. The largest absolute Gasteiger partial charge is 0.504 e. The number of nitrogens with one attached hydrogen (secondary N) is 3. The summed E-state index contributed by atoms with van der Waals surface area (Å²) in [6.07, 6.45) is 0. The van der Waals surface area contributed by atoms with Gasteiger partial charge in [0.1, 0.15) is 5.75 Å². The molecule has 0 aliphatic carbocycles. The summed E-state index contributed by atoms with van der Waals surface area (Å²) in [6.45, 7) is 4.20. The lowest BCUT2D eigenvalue weighted by Gasteiger charge is -2.30. The number of nitriles is 1. The average molecular weight is 571 g/mol. The summed E-state index contributed by atoms with van der Waals surface area (Å²) in [6, 6.07) is 23.0. The zero-order valence-corrected chi connectivity index (χ0v) is 23.7. The van der Waals surface area contributed by atoms with Gasteiger partial charge in [-0.05, 0) is 67.9 Å². The maximum Gasteiger partial charge on any atom is 0.254 e. The highest BCUT2D eigenvalue weighted by molar-refractivity contribution is 8.03. The SMILES string of the molecule is CCOc1ccc(NC(=O)CSC2=C(C#N)[C@H](c3ccc(O)c(OC)c3)C(C(=O)Nc3ccccc3)=C(C)N2)cc1. The number of carbonyl (C=O) groups is 2. The van der Waals surface area contributed by atoms with Crippen LogP contribution in [-0.4, -0.2) is 36.4 Å². The van der Waals surface area contributed by atoms with Crippen LogP contribution in [0.3, 0.4) is 0 Å². The van der Waals surface area contributed by atoms with Crippen LogP contribution in [0.4, 0.5) is 11.4 Å². The molecule has 4 rings (SSSR count). The summed E-state index contributed by atoms with van der Waals surface area (Å²) in [5.74, 6) is -0.555. The second-order valence-electron chi connectivity index (χ2n) is 9.00. The van der Waals surface area contributed by atoms with Crippen molar-refractivity contribution in [1.29, 1.82) is 5.26 Å². The number of hydrogen-bond donors (Lipinski definition) is 4. The highest BCUT2D eigenvalue weighted by Gasteiger charge is 2.35. The van der Waals surface area contributed by atoms with Crippen molar-refractivity contribution in [3.8, 4) is 23.3 Å². The number of ether oxygens (including phenoxy) is 2. The Kier molecular flexibility index (Phi) is 9.55. The molecule has 0 fully saturated rings. The summed E-state index contributed by atoms with van der Waals surface area (Å²) in [5, 5.41) is 29.9. The van der Waals surface area contributed by atoms with E-state index in [1.54, 1.807) is 55.5 Å². The first kappa shape index (κ1) is 29.1. The van der Waals surface area contributed by atoms with Crippen molar-refractivity contribution >= 4 is 35.0 Å². The monoisotopic (exact) mass is 570 g/mol. The van der Waals surface area contributed by atoms with Crippen LogP contribution in [-0.2, 0) is 9.59 Å². The van der Waals surface area contributed by atoms with Gasteiger partial charge in [0.15, 0.2) is 11.5 Å². The van der Waals surface area contributed by atoms with E-state index >= 15 is 0 Å². The Hall–Kier alpha value is -4.88. The van der Waals surface area contributed by atoms with Crippen LogP contribution < -0.4 is 25.4 Å². The van der Waals surface area contributed by atoms with Crippen LogP contribution in [0.25, 0.3) is 0 Å². The molecule has 210 valence electrons. The first-order chi connectivity index (χ1) is 19.8. The van der Waals surface area contributed by atoms with Crippen molar-refractivity contribution in [1.82, 2.24) is 5.32 Å². The van der Waals surface area contributed by atoms with E-state index in [4.69, 9.17) is 9.47 Å². The van der Waals surface area contributed by atoms with E-state index in [2.05, 4.69) is 22.0 Å². The number of phenols is 1. The molecule has 4 N–H and O–H groups in total. The number of para-hydroxylation sites is 1. The van der Waals surface area contributed by atoms with E-state index < -0.39 is 5.92 Å². The quantitative estimate of drug-likeness (QED) is 0.251. The van der Waals surface area contributed by atoms with Crippen molar-refractivity contribution in [2.45, 2.75) is 19.8 Å². The number of methoxy groups -OCH3 is 1. The summed E-state index contributed by atoms with van der Waals surface area (Å²) < 4.78 is 10.7. The smallest absolute Gasteiger partial charge is 0.254 e. The number of amides is 2. The fourth-order valence-corrected chi connectivity index (χ4v) is 5.28. The normalized spacial score (nSPS) is 14.5. The first-order valence-electron chi connectivity index (χ1n) is 12.9. The third-order valence-corrected chi connectivity index (χ3v) is 7.27. The highest BCUT2D eigenvalue weighted by Crippen LogP contribution is 2.43. The average Bonchev–Trinajstić information content (AvgIpc) is 2.97. The van der Waals surface area contributed by atoms with Gasteiger partial charge in [-0.2, -0.15) is 5.26 Å². The van der Waals surface area contributed by atoms with Crippen LogP contribution in [0.15, 0.2) is 94.7 Å². The Morgan fingerprint density at radius 2 is 1.76 bits per heavy atom. The van der Waals surface area contributed by atoms with Crippen molar-refractivity contribution in [2.24, 2.45) is 0 Å². The minimum Gasteiger partial charge on any atom is -0.504 e. The predicted molar refractivity (Wildman–Crippen MR) is 160 cm³/mol. The fraction of sp³-hybridized carbons (Fsp3) is 0.194. The Morgan fingerprint density at radius 3 is 2.41 bits per heavy atom. The molecule has 10 heteroatoms. The van der Waals surface area contributed by atoms with Crippen LogP contribution in [0.2, 0.25) is 0 Å². The molecule has 3 aromatic carbocycles. The maximum absolute atomic E-state index is 13.6. The van der Waals surface area contributed by atoms with Gasteiger partial charge in [0.2, 0.25) is 5.91 Å². The van der Waals surface area contributed by atoms with Gasteiger partial charge in [0, 0.05) is 22.6 Å². The summed E-state index contributed by atoms with van der Waals surface area (Å²) in [7, 11) is 1.43. The molecule has 41 heavy (non-hydrogen) atoms.